The molecule has 4 aliphatic rings. The van der Waals surface area contributed by atoms with Crippen LogP contribution in [0.3, 0.4) is 0 Å². The summed E-state index contributed by atoms with van der Waals surface area (Å²) in [4.78, 5) is 0. The van der Waals surface area contributed by atoms with Crippen molar-refractivity contribution in [2.75, 3.05) is 0 Å². The van der Waals surface area contributed by atoms with Crippen LogP contribution in [0.25, 0.3) is 0 Å². The summed E-state index contributed by atoms with van der Waals surface area (Å²) >= 11 is 0. The highest BCUT2D eigenvalue weighted by atomic mass is 16.3. The Morgan fingerprint density at radius 2 is 1.75 bits per heavy atom. The van der Waals surface area contributed by atoms with Gasteiger partial charge in [-0.25, -0.2) is 0 Å². The Morgan fingerprint density at radius 1 is 1.06 bits per heavy atom. The van der Waals surface area contributed by atoms with Crippen LogP contribution in [-0.2, 0) is 0 Å². The lowest BCUT2D eigenvalue weighted by molar-refractivity contribution is -0.257. The number of hydrogen-bond donors (Lipinski definition) is 1. The van der Waals surface area contributed by atoms with Crippen molar-refractivity contribution in [2.24, 2.45) is 28.6 Å². The highest BCUT2D eigenvalue weighted by molar-refractivity contribution is 5.15. The third-order valence-electron chi connectivity index (χ3n) is 6.85. The van der Waals surface area contributed by atoms with E-state index in [1.165, 1.54) is 25.7 Å². The smallest absolute Gasteiger partial charge is 0.0734 e. The summed E-state index contributed by atoms with van der Waals surface area (Å²) in [7, 11) is 0. The van der Waals surface area contributed by atoms with Crippen molar-refractivity contribution in [1.29, 1.82) is 0 Å². The van der Waals surface area contributed by atoms with Crippen molar-refractivity contribution >= 4 is 0 Å². The zero-order chi connectivity index (χ0) is 11.8. The maximum Gasteiger partial charge on any atom is 0.0734 e. The van der Waals surface area contributed by atoms with E-state index in [0.29, 0.717) is 11.3 Å². The predicted molar refractivity (Wildman–Crippen MR) is 66.1 cm³/mol. The summed E-state index contributed by atoms with van der Waals surface area (Å²) in [6.45, 7) is 9.44. The molecule has 0 saturated heterocycles. The van der Waals surface area contributed by atoms with Crippen LogP contribution < -0.4 is 0 Å². The topological polar surface area (TPSA) is 20.2 Å². The van der Waals surface area contributed by atoms with Crippen LogP contribution in [0.5, 0.6) is 0 Å². The SMILES string of the molecule is CC1C2CCC(C)(C)C3(O)CC1(C)CCC23. The molecule has 4 fully saturated rings. The van der Waals surface area contributed by atoms with Crippen molar-refractivity contribution in [3.8, 4) is 0 Å². The summed E-state index contributed by atoms with van der Waals surface area (Å²) in [5, 5.41) is 11.2. The van der Waals surface area contributed by atoms with Crippen LogP contribution in [0.4, 0.5) is 0 Å². The van der Waals surface area contributed by atoms with Crippen molar-refractivity contribution in [1.82, 2.24) is 0 Å². The van der Waals surface area contributed by atoms with Crippen LogP contribution >= 0.6 is 0 Å². The third-order valence-corrected chi connectivity index (χ3v) is 6.85. The van der Waals surface area contributed by atoms with E-state index < -0.39 is 0 Å². The Morgan fingerprint density at radius 3 is 2.44 bits per heavy atom. The van der Waals surface area contributed by atoms with E-state index in [2.05, 4.69) is 27.7 Å². The van der Waals surface area contributed by atoms with E-state index >= 15 is 0 Å². The molecule has 0 spiro atoms. The van der Waals surface area contributed by atoms with Gasteiger partial charge in [-0.15, -0.1) is 0 Å². The lowest BCUT2D eigenvalue weighted by Crippen LogP contribution is -2.67. The van der Waals surface area contributed by atoms with E-state index in [0.717, 1.165) is 18.3 Å². The number of aliphatic hydroxyl groups is 1. The van der Waals surface area contributed by atoms with E-state index in [9.17, 15) is 5.11 Å². The van der Waals surface area contributed by atoms with Crippen LogP contribution in [0.15, 0.2) is 0 Å². The van der Waals surface area contributed by atoms with Crippen molar-refractivity contribution in [3.05, 3.63) is 0 Å². The molecule has 4 saturated carbocycles. The first-order valence-corrected chi connectivity index (χ1v) is 7.03. The fourth-order valence-corrected chi connectivity index (χ4v) is 5.32. The first-order chi connectivity index (χ1) is 7.30. The van der Waals surface area contributed by atoms with Crippen molar-refractivity contribution < 1.29 is 5.11 Å². The van der Waals surface area contributed by atoms with Gasteiger partial charge < -0.3 is 5.11 Å². The molecule has 0 aliphatic heterocycles. The predicted octanol–water partition coefficient (Wildman–Crippen LogP) is 3.61. The molecule has 0 heterocycles. The van der Waals surface area contributed by atoms with E-state index in [4.69, 9.17) is 0 Å². The van der Waals surface area contributed by atoms with Crippen LogP contribution in [-0.4, -0.2) is 10.7 Å². The Labute approximate surface area is 99.6 Å². The molecule has 0 aromatic rings. The van der Waals surface area contributed by atoms with Gasteiger partial charge in [-0.05, 0) is 60.7 Å². The highest BCUT2D eigenvalue weighted by Crippen LogP contribution is 2.68. The molecule has 4 aliphatic carbocycles. The third kappa shape index (κ3) is 1.06. The molecular formula is C15H26O. The second kappa shape index (κ2) is 2.85. The normalized spacial score (nSPS) is 58.7. The summed E-state index contributed by atoms with van der Waals surface area (Å²) in [5.74, 6) is 2.21. The monoisotopic (exact) mass is 222 g/mol. The average Bonchev–Trinajstić information content (AvgIpc) is 2.17. The summed E-state index contributed by atoms with van der Waals surface area (Å²) in [6, 6.07) is 0. The molecule has 16 heavy (non-hydrogen) atoms. The molecule has 1 N–H and O–H groups in total. The molecule has 5 unspecified atom stereocenters. The Kier molecular flexibility index (Phi) is 1.98. The summed E-state index contributed by atoms with van der Waals surface area (Å²) in [6.07, 6.45) is 6.22. The number of fused-ring (bicyclic) bond motifs is 1. The van der Waals surface area contributed by atoms with Gasteiger partial charge in [0.15, 0.2) is 0 Å². The summed E-state index contributed by atoms with van der Waals surface area (Å²) in [5.41, 5.74) is 0.178. The van der Waals surface area contributed by atoms with Gasteiger partial charge in [0.25, 0.3) is 0 Å². The molecule has 1 nitrogen and oxygen atoms in total. The second-order valence-electron chi connectivity index (χ2n) is 7.78. The van der Waals surface area contributed by atoms with Gasteiger partial charge in [-0.1, -0.05) is 27.7 Å². The Bertz CT molecular complexity index is 321. The minimum Gasteiger partial charge on any atom is -0.389 e. The number of rotatable bonds is 0. The summed E-state index contributed by atoms with van der Waals surface area (Å²) < 4.78 is 0. The Hall–Kier alpha value is -0.0400. The van der Waals surface area contributed by atoms with E-state index in [1.807, 2.05) is 0 Å². The Balaban J connectivity index is 2.07. The van der Waals surface area contributed by atoms with E-state index in [1.54, 1.807) is 0 Å². The maximum atomic E-state index is 11.2. The van der Waals surface area contributed by atoms with E-state index in [-0.39, 0.29) is 11.0 Å². The van der Waals surface area contributed by atoms with Gasteiger partial charge in [-0.3, -0.25) is 0 Å². The van der Waals surface area contributed by atoms with Gasteiger partial charge in [0.05, 0.1) is 5.60 Å². The molecule has 0 aromatic heterocycles. The van der Waals surface area contributed by atoms with Gasteiger partial charge in [0, 0.05) is 0 Å². The van der Waals surface area contributed by atoms with Crippen molar-refractivity contribution in [3.63, 3.8) is 0 Å². The lowest BCUT2D eigenvalue weighted by Gasteiger charge is -2.68. The quantitative estimate of drug-likeness (QED) is 0.664. The molecule has 4 bridgehead atoms. The van der Waals surface area contributed by atoms with Gasteiger partial charge in [0.2, 0.25) is 0 Å². The fraction of sp³-hybridized carbons (Fsp3) is 1.00. The van der Waals surface area contributed by atoms with Crippen molar-refractivity contribution in [2.45, 2.75) is 65.4 Å². The molecule has 0 amide bonds. The first-order valence-electron chi connectivity index (χ1n) is 7.03. The minimum absolute atomic E-state index is 0.135. The van der Waals surface area contributed by atoms with Gasteiger partial charge in [-0.2, -0.15) is 0 Å². The minimum atomic E-state index is -0.366. The molecule has 0 radical (unpaired) electrons. The zero-order valence-electron chi connectivity index (χ0n) is 11.2. The standard InChI is InChI=1S/C15H26O/c1-10-11-5-7-13(2,3)15(16)9-14(10,4)8-6-12(11)15/h10-12,16H,5-9H2,1-4H3. The average molecular weight is 222 g/mol. The lowest BCUT2D eigenvalue weighted by atomic mass is 9.39. The van der Waals surface area contributed by atoms with Crippen LogP contribution in [0, 0.1) is 28.6 Å². The van der Waals surface area contributed by atoms with Gasteiger partial charge >= 0.3 is 0 Å². The highest BCUT2D eigenvalue weighted by Gasteiger charge is 2.65. The fourth-order valence-electron chi connectivity index (χ4n) is 5.32. The van der Waals surface area contributed by atoms with Crippen LogP contribution in [0.2, 0.25) is 0 Å². The molecule has 1 heteroatoms. The zero-order valence-corrected chi connectivity index (χ0v) is 11.2. The molecule has 0 aromatic carbocycles. The number of hydrogen-bond acceptors (Lipinski definition) is 1. The second-order valence-corrected chi connectivity index (χ2v) is 7.78. The largest absolute Gasteiger partial charge is 0.389 e. The maximum absolute atomic E-state index is 11.2. The molecule has 4 rings (SSSR count). The van der Waals surface area contributed by atoms with Gasteiger partial charge in [0.1, 0.15) is 0 Å². The first kappa shape index (κ1) is 11.1. The van der Waals surface area contributed by atoms with Crippen LogP contribution in [0.1, 0.15) is 59.8 Å². The molecule has 5 atom stereocenters. The molecular weight excluding hydrogens is 196 g/mol. The molecule has 92 valence electrons.